The average molecular weight is 405 g/mol. The van der Waals surface area contributed by atoms with E-state index in [0.29, 0.717) is 36.3 Å². The Balaban J connectivity index is 1.52. The summed E-state index contributed by atoms with van der Waals surface area (Å²) in [6.07, 6.45) is 2.30. The number of nitrogens with zero attached hydrogens (tertiary/aromatic N) is 4. The van der Waals surface area contributed by atoms with Crippen molar-refractivity contribution in [2.24, 2.45) is 0 Å². The third-order valence-corrected chi connectivity index (χ3v) is 6.63. The summed E-state index contributed by atoms with van der Waals surface area (Å²) in [6, 6.07) is 10.0. The van der Waals surface area contributed by atoms with E-state index in [9.17, 15) is 8.42 Å². The molecule has 1 atom stereocenters. The van der Waals surface area contributed by atoms with Crippen molar-refractivity contribution < 1.29 is 12.8 Å². The van der Waals surface area contributed by atoms with E-state index in [2.05, 4.69) is 15.2 Å². The lowest BCUT2D eigenvalue weighted by Gasteiger charge is -2.16. The summed E-state index contributed by atoms with van der Waals surface area (Å²) in [7, 11) is -3.60. The molecule has 1 aliphatic heterocycles. The van der Waals surface area contributed by atoms with Gasteiger partial charge in [0.1, 0.15) is 0 Å². The molecule has 9 heteroatoms. The zero-order chi connectivity index (χ0) is 19.0. The average Bonchev–Trinajstić information content (AvgIpc) is 3.32. The highest BCUT2D eigenvalue weighted by Gasteiger charge is 2.35. The lowest BCUT2D eigenvalue weighted by atomic mass is 10.1. The topological polar surface area (TPSA) is 89.2 Å². The number of halogens is 1. The SMILES string of the molecule is Cc1ccc(-c2nnc(C3CCN(S(=O)(=O)c4cccc(Cl)c4)C3)o2)cn1. The number of sulfonamides is 1. The first-order valence-electron chi connectivity index (χ1n) is 8.45. The van der Waals surface area contributed by atoms with Crippen molar-refractivity contribution in [3.05, 3.63) is 59.2 Å². The van der Waals surface area contributed by atoms with Gasteiger partial charge in [-0.05, 0) is 43.7 Å². The summed E-state index contributed by atoms with van der Waals surface area (Å²) in [5.41, 5.74) is 1.64. The molecule has 0 radical (unpaired) electrons. The predicted octanol–water partition coefficient (Wildman–Crippen LogP) is 3.27. The molecular formula is C18H17ClN4O3S. The summed E-state index contributed by atoms with van der Waals surface area (Å²) in [6.45, 7) is 2.59. The van der Waals surface area contributed by atoms with Crippen LogP contribution in [0.2, 0.25) is 5.02 Å². The van der Waals surface area contributed by atoms with Gasteiger partial charge in [0.05, 0.1) is 16.4 Å². The van der Waals surface area contributed by atoms with Crippen LogP contribution in [-0.2, 0) is 10.0 Å². The van der Waals surface area contributed by atoms with E-state index in [1.54, 1.807) is 24.4 Å². The summed E-state index contributed by atoms with van der Waals surface area (Å²) in [4.78, 5) is 4.41. The Bertz CT molecular complexity index is 1070. The van der Waals surface area contributed by atoms with Crippen LogP contribution >= 0.6 is 11.6 Å². The maximum atomic E-state index is 12.8. The van der Waals surface area contributed by atoms with Crippen molar-refractivity contribution in [2.75, 3.05) is 13.1 Å². The van der Waals surface area contributed by atoms with Crippen LogP contribution in [0.25, 0.3) is 11.5 Å². The Hall–Kier alpha value is -2.29. The zero-order valence-electron chi connectivity index (χ0n) is 14.5. The second kappa shape index (κ2) is 7.03. The van der Waals surface area contributed by atoms with Gasteiger partial charge in [-0.25, -0.2) is 8.42 Å². The van der Waals surface area contributed by atoms with Crippen molar-refractivity contribution in [1.82, 2.24) is 19.5 Å². The Morgan fingerprint density at radius 2 is 2.07 bits per heavy atom. The van der Waals surface area contributed by atoms with Crippen molar-refractivity contribution in [3.8, 4) is 11.5 Å². The number of hydrogen-bond acceptors (Lipinski definition) is 6. The van der Waals surface area contributed by atoms with Gasteiger partial charge in [0.25, 0.3) is 0 Å². The third-order valence-electron chi connectivity index (χ3n) is 4.53. The van der Waals surface area contributed by atoms with Crippen LogP contribution in [0.3, 0.4) is 0 Å². The molecule has 3 aromatic rings. The number of pyridine rings is 1. The van der Waals surface area contributed by atoms with Gasteiger partial charge in [-0.2, -0.15) is 4.31 Å². The molecule has 1 aliphatic rings. The van der Waals surface area contributed by atoms with Gasteiger partial charge in [0, 0.05) is 30.0 Å². The number of aromatic nitrogens is 3. The maximum Gasteiger partial charge on any atom is 0.249 e. The van der Waals surface area contributed by atoms with E-state index in [0.717, 1.165) is 11.3 Å². The maximum absolute atomic E-state index is 12.8. The Labute approximate surface area is 162 Å². The van der Waals surface area contributed by atoms with Gasteiger partial charge in [-0.3, -0.25) is 4.98 Å². The minimum atomic E-state index is -3.60. The fourth-order valence-electron chi connectivity index (χ4n) is 3.04. The lowest BCUT2D eigenvalue weighted by Crippen LogP contribution is -2.28. The van der Waals surface area contributed by atoms with Gasteiger partial charge in [-0.15, -0.1) is 10.2 Å². The molecule has 4 rings (SSSR count). The Morgan fingerprint density at radius 3 is 2.81 bits per heavy atom. The number of benzene rings is 1. The molecule has 0 saturated carbocycles. The second-order valence-corrected chi connectivity index (χ2v) is 8.81. The largest absolute Gasteiger partial charge is 0.420 e. The van der Waals surface area contributed by atoms with Crippen molar-refractivity contribution in [1.29, 1.82) is 0 Å². The van der Waals surface area contributed by atoms with Crippen LogP contribution in [0.15, 0.2) is 51.9 Å². The highest BCUT2D eigenvalue weighted by molar-refractivity contribution is 7.89. The molecular weight excluding hydrogens is 388 g/mol. The van der Waals surface area contributed by atoms with Crippen LogP contribution in [0.1, 0.15) is 23.9 Å². The first-order valence-corrected chi connectivity index (χ1v) is 10.3. The van der Waals surface area contributed by atoms with Gasteiger partial charge < -0.3 is 4.42 Å². The molecule has 27 heavy (non-hydrogen) atoms. The number of rotatable bonds is 4. The normalized spacial score (nSPS) is 18.1. The van der Waals surface area contributed by atoms with Gasteiger partial charge in [0.15, 0.2) is 0 Å². The molecule has 2 aromatic heterocycles. The summed E-state index contributed by atoms with van der Waals surface area (Å²) in [5.74, 6) is 0.682. The number of aryl methyl sites for hydroxylation is 1. The molecule has 0 aliphatic carbocycles. The fraction of sp³-hybridized carbons (Fsp3) is 0.278. The van der Waals surface area contributed by atoms with E-state index < -0.39 is 10.0 Å². The number of hydrogen-bond donors (Lipinski definition) is 0. The summed E-state index contributed by atoms with van der Waals surface area (Å²) >= 11 is 5.93. The van der Waals surface area contributed by atoms with E-state index in [1.165, 1.54) is 10.4 Å². The first kappa shape index (κ1) is 18.1. The van der Waals surface area contributed by atoms with Gasteiger partial charge >= 0.3 is 0 Å². The predicted molar refractivity (Wildman–Crippen MR) is 99.8 cm³/mol. The Morgan fingerprint density at radius 1 is 1.22 bits per heavy atom. The highest BCUT2D eigenvalue weighted by atomic mass is 35.5. The summed E-state index contributed by atoms with van der Waals surface area (Å²) in [5, 5.41) is 8.58. The van der Waals surface area contributed by atoms with Crippen molar-refractivity contribution >= 4 is 21.6 Å². The second-order valence-electron chi connectivity index (χ2n) is 6.44. The van der Waals surface area contributed by atoms with Crippen LogP contribution in [0.4, 0.5) is 0 Å². The van der Waals surface area contributed by atoms with E-state index in [1.807, 2.05) is 19.1 Å². The smallest absolute Gasteiger partial charge is 0.249 e. The van der Waals surface area contributed by atoms with Crippen LogP contribution in [0.5, 0.6) is 0 Å². The summed E-state index contributed by atoms with van der Waals surface area (Å²) < 4.78 is 32.8. The fourth-order valence-corrected chi connectivity index (χ4v) is 4.84. The minimum absolute atomic E-state index is 0.140. The van der Waals surface area contributed by atoms with Crippen LogP contribution < -0.4 is 0 Å². The molecule has 3 heterocycles. The van der Waals surface area contributed by atoms with Gasteiger partial charge in [-0.1, -0.05) is 17.7 Å². The van der Waals surface area contributed by atoms with Crippen LogP contribution in [0, 0.1) is 6.92 Å². The van der Waals surface area contributed by atoms with Crippen molar-refractivity contribution in [2.45, 2.75) is 24.2 Å². The molecule has 0 bridgehead atoms. The minimum Gasteiger partial charge on any atom is -0.420 e. The molecule has 1 saturated heterocycles. The molecule has 0 amide bonds. The first-order chi connectivity index (χ1) is 12.9. The van der Waals surface area contributed by atoms with E-state index in [-0.39, 0.29) is 10.8 Å². The molecule has 1 unspecified atom stereocenters. The van der Waals surface area contributed by atoms with Gasteiger partial charge in [0.2, 0.25) is 21.8 Å². The standard InChI is InChI=1S/C18H17ClN4O3S/c1-12-5-6-13(10-20-12)17-21-22-18(26-17)14-7-8-23(11-14)27(24,25)16-4-2-3-15(19)9-16/h2-6,9-10,14H,7-8,11H2,1H3. The molecule has 1 aromatic carbocycles. The van der Waals surface area contributed by atoms with Crippen molar-refractivity contribution in [3.63, 3.8) is 0 Å². The zero-order valence-corrected chi connectivity index (χ0v) is 16.1. The van der Waals surface area contributed by atoms with E-state index >= 15 is 0 Å². The quantitative estimate of drug-likeness (QED) is 0.663. The molecule has 7 nitrogen and oxygen atoms in total. The highest BCUT2D eigenvalue weighted by Crippen LogP contribution is 2.32. The molecule has 0 spiro atoms. The molecule has 140 valence electrons. The molecule has 1 fully saturated rings. The molecule has 0 N–H and O–H groups in total. The Kier molecular flexibility index (Phi) is 4.71. The monoisotopic (exact) mass is 404 g/mol. The van der Waals surface area contributed by atoms with E-state index in [4.69, 9.17) is 16.0 Å². The lowest BCUT2D eigenvalue weighted by molar-refractivity contribution is 0.440. The third kappa shape index (κ3) is 3.60. The van der Waals surface area contributed by atoms with Crippen LogP contribution in [-0.4, -0.2) is 41.0 Å².